The average Bonchev–Trinajstić information content (AvgIpc) is 3.11. The zero-order chi connectivity index (χ0) is 22.2. The number of ether oxygens (including phenoxy) is 1. The Balaban J connectivity index is 1.88. The molecule has 0 bridgehead atoms. The van der Waals surface area contributed by atoms with Crippen molar-refractivity contribution in [2.45, 2.75) is 26.9 Å². The van der Waals surface area contributed by atoms with E-state index in [2.05, 4.69) is 15.2 Å². The van der Waals surface area contributed by atoms with E-state index in [9.17, 15) is 13.2 Å². The predicted octanol–water partition coefficient (Wildman–Crippen LogP) is 6.07. The Morgan fingerprint density at radius 1 is 0.871 bits per heavy atom. The standard InChI is InChI=1S/C23H19F3N4O/c1-14-11-15(2)20(16(3)12-14)30-21(17-7-9-27-10-8-17)28-29-22(30)31-19-6-4-5-18(13-19)23(24,25)26/h4-13H,1-3H3. The molecule has 5 nitrogen and oxygen atoms in total. The molecule has 158 valence electrons. The van der Waals surface area contributed by atoms with Crippen molar-refractivity contribution in [1.29, 1.82) is 0 Å². The van der Waals surface area contributed by atoms with Crippen LogP contribution in [0.25, 0.3) is 17.1 Å². The Morgan fingerprint density at radius 2 is 1.55 bits per heavy atom. The van der Waals surface area contributed by atoms with Crippen LogP contribution >= 0.6 is 0 Å². The molecule has 0 aliphatic carbocycles. The molecule has 8 heteroatoms. The minimum absolute atomic E-state index is 0.0205. The Bertz CT molecular complexity index is 1210. The molecule has 0 N–H and O–H groups in total. The highest BCUT2D eigenvalue weighted by atomic mass is 19.4. The summed E-state index contributed by atoms with van der Waals surface area (Å²) < 4.78 is 46.9. The predicted molar refractivity (Wildman–Crippen MR) is 110 cm³/mol. The minimum atomic E-state index is -4.47. The van der Waals surface area contributed by atoms with Crippen LogP contribution in [0, 0.1) is 20.8 Å². The van der Waals surface area contributed by atoms with Crippen molar-refractivity contribution in [2.75, 3.05) is 0 Å². The molecular formula is C23H19F3N4O. The fraction of sp³-hybridized carbons (Fsp3) is 0.174. The van der Waals surface area contributed by atoms with Gasteiger partial charge in [0.2, 0.25) is 0 Å². The van der Waals surface area contributed by atoms with E-state index in [1.54, 1.807) is 29.1 Å². The quantitative estimate of drug-likeness (QED) is 0.399. The molecule has 2 heterocycles. The fourth-order valence-electron chi connectivity index (χ4n) is 3.59. The molecule has 0 amide bonds. The van der Waals surface area contributed by atoms with Crippen molar-refractivity contribution < 1.29 is 17.9 Å². The number of nitrogens with zero attached hydrogens (tertiary/aromatic N) is 4. The van der Waals surface area contributed by atoms with Crippen molar-refractivity contribution >= 4 is 0 Å². The first-order chi connectivity index (χ1) is 14.7. The van der Waals surface area contributed by atoms with Gasteiger partial charge in [0.15, 0.2) is 5.82 Å². The maximum absolute atomic E-state index is 13.1. The zero-order valence-corrected chi connectivity index (χ0v) is 17.1. The van der Waals surface area contributed by atoms with Gasteiger partial charge in [0, 0.05) is 18.0 Å². The number of pyridine rings is 1. The van der Waals surface area contributed by atoms with Crippen LogP contribution in [-0.2, 0) is 6.18 Å². The molecule has 0 aliphatic heterocycles. The van der Waals surface area contributed by atoms with Gasteiger partial charge in [-0.1, -0.05) is 28.9 Å². The normalized spacial score (nSPS) is 11.5. The van der Waals surface area contributed by atoms with E-state index < -0.39 is 11.7 Å². The van der Waals surface area contributed by atoms with Crippen LogP contribution in [0.3, 0.4) is 0 Å². The number of aryl methyl sites for hydroxylation is 3. The summed E-state index contributed by atoms with van der Waals surface area (Å²) in [7, 11) is 0. The summed E-state index contributed by atoms with van der Waals surface area (Å²) >= 11 is 0. The summed E-state index contributed by atoms with van der Waals surface area (Å²) in [6.45, 7) is 5.92. The van der Waals surface area contributed by atoms with Crippen molar-refractivity contribution in [3.8, 4) is 28.8 Å². The Kier molecular flexibility index (Phi) is 5.22. The zero-order valence-electron chi connectivity index (χ0n) is 17.1. The van der Waals surface area contributed by atoms with Gasteiger partial charge in [-0.05, 0) is 62.2 Å². The van der Waals surface area contributed by atoms with Crippen molar-refractivity contribution in [3.63, 3.8) is 0 Å². The van der Waals surface area contributed by atoms with Gasteiger partial charge >= 0.3 is 12.2 Å². The first-order valence-corrected chi connectivity index (χ1v) is 9.53. The maximum atomic E-state index is 13.1. The molecule has 0 atom stereocenters. The summed E-state index contributed by atoms with van der Waals surface area (Å²) in [4.78, 5) is 4.03. The fourth-order valence-corrected chi connectivity index (χ4v) is 3.59. The highest BCUT2D eigenvalue weighted by Crippen LogP contribution is 2.35. The number of halogens is 3. The van der Waals surface area contributed by atoms with Crippen LogP contribution in [0.15, 0.2) is 60.9 Å². The highest BCUT2D eigenvalue weighted by Gasteiger charge is 2.31. The van der Waals surface area contributed by atoms with Crippen molar-refractivity contribution in [2.24, 2.45) is 0 Å². The molecule has 0 fully saturated rings. The monoisotopic (exact) mass is 424 g/mol. The van der Waals surface area contributed by atoms with Crippen LogP contribution in [0.2, 0.25) is 0 Å². The van der Waals surface area contributed by atoms with Gasteiger partial charge in [-0.15, -0.1) is 5.10 Å². The van der Waals surface area contributed by atoms with Crippen LogP contribution < -0.4 is 4.74 Å². The van der Waals surface area contributed by atoms with E-state index in [1.165, 1.54) is 12.1 Å². The van der Waals surface area contributed by atoms with Crippen molar-refractivity contribution in [1.82, 2.24) is 19.7 Å². The van der Waals surface area contributed by atoms with Gasteiger partial charge in [0.05, 0.1) is 11.3 Å². The first kappa shape index (κ1) is 20.6. The number of hydrogen-bond donors (Lipinski definition) is 0. The lowest BCUT2D eigenvalue weighted by atomic mass is 10.0. The lowest BCUT2D eigenvalue weighted by molar-refractivity contribution is -0.137. The molecule has 0 saturated heterocycles. The summed E-state index contributed by atoms with van der Waals surface area (Å²) in [5.41, 5.74) is 3.78. The Labute approximate surface area is 177 Å². The molecule has 0 spiro atoms. The Hall–Kier alpha value is -3.68. The second-order valence-corrected chi connectivity index (χ2v) is 7.25. The summed E-state index contributed by atoms with van der Waals surface area (Å²) in [5, 5.41) is 8.42. The third kappa shape index (κ3) is 4.14. The van der Waals surface area contributed by atoms with Gasteiger partial charge in [-0.25, -0.2) is 4.57 Å². The van der Waals surface area contributed by atoms with Crippen LogP contribution in [0.4, 0.5) is 13.2 Å². The SMILES string of the molecule is Cc1cc(C)c(-n2c(Oc3cccc(C(F)(F)F)c3)nnc2-c2ccncc2)c(C)c1. The van der Waals surface area contributed by atoms with E-state index in [0.717, 1.165) is 40.1 Å². The van der Waals surface area contributed by atoms with E-state index in [4.69, 9.17) is 4.74 Å². The molecule has 0 saturated carbocycles. The molecule has 4 aromatic rings. The highest BCUT2D eigenvalue weighted by molar-refractivity contribution is 5.62. The van der Waals surface area contributed by atoms with E-state index in [0.29, 0.717) is 5.82 Å². The molecule has 2 aromatic carbocycles. The van der Waals surface area contributed by atoms with Gasteiger partial charge in [0.1, 0.15) is 5.75 Å². The smallest absolute Gasteiger partial charge is 0.416 e. The molecular weight excluding hydrogens is 405 g/mol. The number of aromatic nitrogens is 4. The van der Waals surface area contributed by atoms with E-state index in [1.807, 2.05) is 32.9 Å². The molecule has 4 rings (SSSR count). The number of alkyl halides is 3. The third-order valence-corrected chi connectivity index (χ3v) is 4.80. The Morgan fingerprint density at radius 3 is 2.19 bits per heavy atom. The number of hydrogen-bond acceptors (Lipinski definition) is 4. The lowest BCUT2D eigenvalue weighted by Crippen LogP contribution is -2.07. The number of benzene rings is 2. The molecule has 0 aliphatic rings. The first-order valence-electron chi connectivity index (χ1n) is 9.53. The molecule has 31 heavy (non-hydrogen) atoms. The van der Waals surface area contributed by atoms with E-state index in [-0.39, 0.29) is 11.8 Å². The minimum Gasteiger partial charge on any atom is -0.424 e. The van der Waals surface area contributed by atoms with Gasteiger partial charge in [-0.2, -0.15) is 13.2 Å². The van der Waals surface area contributed by atoms with Gasteiger partial charge < -0.3 is 4.74 Å². The van der Waals surface area contributed by atoms with E-state index >= 15 is 0 Å². The summed E-state index contributed by atoms with van der Waals surface area (Å²) in [6.07, 6.45) is -1.20. The molecule has 0 unspecified atom stereocenters. The van der Waals surface area contributed by atoms with Gasteiger partial charge in [0.25, 0.3) is 0 Å². The van der Waals surface area contributed by atoms with Crippen LogP contribution in [-0.4, -0.2) is 19.7 Å². The summed E-state index contributed by atoms with van der Waals surface area (Å²) in [5.74, 6) is 0.520. The number of rotatable bonds is 4. The van der Waals surface area contributed by atoms with Gasteiger partial charge in [-0.3, -0.25) is 4.98 Å². The molecule has 0 radical (unpaired) electrons. The maximum Gasteiger partial charge on any atom is 0.416 e. The topological polar surface area (TPSA) is 52.8 Å². The second kappa shape index (κ2) is 7.86. The lowest BCUT2D eigenvalue weighted by Gasteiger charge is -2.17. The largest absolute Gasteiger partial charge is 0.424 e. The average molecular weight is 424 g/mol. The second-order valence-electron chi connectivity index (χ2n) is 7.25. The summed E-state index contributed by atoms with van der Waals surface area (Å²) in [6, 6.07) is 12.4. The van der Waals surface area contributed by atoms with Crippen LogP contribution in [0.1, 0.15) is 22.3 Å². The van der Waals surface area contributed by atoms with Crippen molar-refractivity contribution in [3.05, 3.63) is 83.2 Å². The van der Waals surface area contributed by atoms with Crippen LogP contribution in [0.5, 0.6) is 11.8 Å². The molecule has 2 aromatic heterocycles. The third-order valence-electron chi connectivity index (χ3n) is 4.80.